The van der Waals surface area contributed by atoms with Crippen LogP contribution in [0.25, 0.3) is 0 Å². The van der Waals surface area contributed by atoms with Gasteiger partial charge in [-0.25, -0.2) is 14.8 Å². The highest BCUT2D eigenvalue weighted by molar-refractivity contribution is 7.99. The van der Waals surface area contributed by atoms with Gasteiger partial charge in [-0.3, -0.25) is 20.2 Å². The number of para-hydroxylation sites is 1. The maximum absolute atomic E-state index is 12.2. The fourth-order valence-corrected chi connectivity index (χ4v) is 3.00. The van der Waals surface area contributed by atoms with Crippen LogP contribution in [0.4, 0.5) is 16.2 Å². The monoisotopic (exact) mass is 409 g/mol. The first kappa shape index (κ1) is 20.0. The molecule has 9 nitrogen and oxygen atoms in total. The normalized spacial score (nSPS) is 10.2. The van der Waals surface area contributed by atoms with Crippen molar-refractivity contribution >= 4 is 35.1 Å². The molecule has 1 heterocycles. The first-order chi connectivity index (χ1) is 13.9. The first-order valence-corrected chi connectivity index (χ1v) is 9.16. The van der Waals surface area contributed by atoms with Crippen LogP contribution in [0.1, 0.15) is 15.9 Å². The molecule has 2 aromatic carbocycles. The lowest BCUT2D eigenvalue weighted by atomic mass is 10.1. The van der Waals surface area contributed by atoms with E-state index in [4.69, 9.17) is 0 Å². The molecule has 2 N–H and O–H groups in total. The van der Waals surface area contributed by atoms with Gasteiger partial charge < -0.3 is 5.32 Å². The number of aryl methyl sites for hydroxylation is 1. The van der Waals surface area contributed by atoms with Crippen LogP contribution in [0.3, 0.4) is 0 Å². The Morgan fingerprint density at radius 2 is 1.69 bits per heavy atom. The highest BCUT2D eigenvalue weighted by atomic mass is 32.2. The molecular formula is C19H15N5O4S. The van der Waals surface area contributed by atoms with Crippen LogP contribution < -0.4 is 10.6 Å². The van der Waals surface area contributed by atoms with Gasteiger partial charge in [-0.1, -0.05) is 12.1 Å². The molecule has 0 saturated carbocycles. The van der Waals surface area contributed by atoms with Crippen LogP contribution in [0, 0.1) is 17.0 Å². The van der Waals surface area contributed by atoms with Gasteiger partial charge in [0.2, 0.25) is 0 Å². The third kappa shape index (κ3) is 5.36. The van der Waals surface area contributed by atoms with E-state index in [1.54, 1.807) is 36.7 Å². The van der Waals surface area contributed by atoms with Crippen molar-refractivity contribution in [2.24, 2.45) is 0 Å². The van der Waals surface area contributed by atoms with Crippen molar-refractivity contribution in [3.8, 4) is 0 Å². The molecule has 0 fully saturated rings. The molecular weight excluding hydrogens is 394 g/mol. The predicted molar refractivity (Wildman–Crippen MR) is 107 cm³/mol. The summed E-state index contributed by atoms with van der Waals surface area (Å²) in [6.07, 6.45) is 3.45. The van der Waals surface area contributed by atoms with Gasteiger partial charge in [0.15, 0.2) is 5.16 Å². The summed E-state index contributed by atoms with van der Waals surface area (Å²) >= 11 is 1.37. The number of nitro benzene ring substituents is 1. The molecule has 29 heavy (non-hydrogen) atoms. The van der Waals surface area contributed by atoms with Crippen LogP contribution in [0.5, 0.6) is 0 Å². The van der Waals surface area contributed by atoms with Gasteiger partial charge >= 0.3 is 6.03 Å². The Morgan fingerprint density at radius 3 is 2.34 bits per heavy atom. The van der Waals surface area contributed by atoms with Gasteiger partial charge in [-0.05, 0) is 54.6 Å². The lowest BCUT2D eigenvalue weighted by molar-refractivity contribution is -0.385. The first-order valence-electron chi connectivity index (χ1n) is 8.34. The molecule has 0 aliphatic rings. The Hall–Kier alpha value is -3.79. The number of benzene rings is 2. The van der Waals surface area contributed by atoms with Crippen molar-refractivity contribution in [1.29, 1.82) is 0 Å². The number of rotatable bonds is 5. The van der Waals surface area contributed by atoms with Gasteiger partial charge in [-0.2, -0.15) is 0 Å². The molecule has 146 valence electrons. The molecule has 3 aromatic rings. The largest absolute Gasteiger partial charge is 0.326 e. The number of aromatic nitrogens is 2. The zero-order valence-electron chi connectivity index (χ0n) is 15.2. The van der Waals surface area contributed by atoms with Crippen molar-refractivity contribution in [3.05, 3.63) is 82.2 Å². The maximum Gasteiger partial charge on any atom is 0.326 e. The molecule has 0 radical (unpaired) electrons. The Bertz CT molecular complexity index is 1050. The summed E-state index contributed by atoms with van der Waals surface area (Å²) in [5.41, 5.74) is 0.845. The maximum atomic E-state index is 12.2. The number of carbonyl (C=O) groups is 2. The Labute approximate surface area is 169 Å². The van der Waals surface area contributed by atoms with E-state index in [1.807, 2.05) is 6.92 Å². The molecule has 1 aromatic heterocycles. The summed E-state index contributed by atoms with van der Waals surface area (Å²) in [5, 5.41) is 16.2. The van der Waals surface area contributed by atoms with E-state index in [-0.39, 0.29) is 11.3 Å². The summed E-state index contributed by atoms with van der Waals surface area (Å²) in [7, 11) is 0. The summed E-state index contributed by atoms with van der Waals surface area (Å²) < 4.78 is 0. The molecule has 0 spiro atoms. The lowest BCUT2D eigenvalue weighted by Crippen LogP contribution is -2.34. The van der Waals surface area contributed by atoms with Crippen molar-refractivity contribution < 1.29 is 14.5 Å². The Balaban J connectivity index is 1.60. The smallest absolute Gasteiger partial charge is 0.308 e. The number of nitrogens with one attached hydrogen (secondary N) is 2. The van der Waals surface area contributed by atoms with Gasteiger partial charge in [-0.15, -0.1) is 0 Å². The highest BCUT2D eigenvalue weighted by Gasteiger charge is 2.20. The minimum absolute atomic E-state index is 0.197. The standard InChI is InChI=1S/C19H15N5O4S/c1-12-10-20-19(21-11-12)29-14-8-6-13(7-9-14)22-18(26)23-17(25)15-4-2-3-5-16(15)24(27)28/h2-11H,1H3,(H2,22,23,25,26). The SMILES string of the molecule is Cc1cnc(Sc2ccc(NC(=O)NC(=O)c3ccccc3[N+](=O)[O-])cc2)nc1. The molecule has 0 aliphatic carbocycles. The summed E-state index contributed by atoms with van der Waals surface area (Å²) in [6, 6.07) is 11.5. The third-order valence-corrected chi connectivity index (χ3v) is 4.55. The number of anilines is 1. The van der Waals surface area contributed by atoms with E-state index < -0.39 is 16.9 Å². The second kappa shape index (κ2) is 8.93. The lowest BCUT2D eigenvalue weighted by Gasteiger charge is -2.08. The van der Waals surface area contributed by atoms with E-state index in [1.165, 1.54) is 36.0 Å². The van der Waals surface area contributed by atoms with Crippen LogP contribution in [-0.4, -0.2) is 26.8 Å². The van der Waals surface area contributed by atoms with E-state index in [2.05, 4.69) is 20.6 Å². The molecule has 10 heteroatoms. The number of urea groups is 1. The second-order valence-corrected chi connectivity index (χ2v) is 6.89. The van der Waals surface area contributed by atoms with E-state index in [0.29, 0.717) is 10.8 Å². The zero-order chi connectivity index (χ0) is 20.8. The summed E-state index contributed by atoms with van der Waals surface area (Å²) in [4.78, 5) is 43.8. The highest BCUT2D eigenvalue weighted by Crippen LogP contribution is 2.25. The predicted octanol–water partition coefficient (Wildman–Crippen LogP) is 3.81. The van der Waals surface area contributed by atoms with Gasteiger partial charge in [0, 0.05) is 29.0 Å². The van der Waals surface area contributed by atoms with Crippen molar-refractivity contribution in [2.75, 3.05) is 5.32 Å². The molecule has 0 unspecified atom stereocenters. The summed E-state index contributed by atoms with van der Waals surface area (Å²) in [5.74, 6) is -0.863. The van der Waals surface area contributed by atoms with E-state index >= 15 is 0 Å². The van der Waals surface area contributed by atoms with Gasteiger partial charge in [0.25, 0.3) is 11.6 Å². The van der Waals surface area contributed by atoms with Crippen LogP contribution >= 0.6 is 11.8 Å². The molecule has 0 atom stereocenters. The van der Waals surface area contributed by atoms with E-state index in [0.717, 1.165) is 10.5 Å². The van der Waals surface area contributed by atoms with Crippen LogP contribution in [0.2, 0.25) is 0 Å². The number of imide groups is 1. The fraction of sp³-hybridized carbons (Fsp3) is 0.0526. The minimum Gasteiger partial charge on any atom is -0.308 e. The Morgan fingerprint density at radius 1 is 1.03 bits per heavy atom. The van der Waals surface area contributed by atoms with Crippen molar-refractivity contribution in [2.45, 2.75) is 17.0 Å². The minimum atomic E-state index is -0.863. The number of nitrogens with zero attached hydrogens (tertiary/aromatic N) is 3. The quantitative estimate of drug-likeness (QED) is 0.373. The number of carbonyl (C=O) groups excluding carboxylic acids is 2. The molecule has 3 rings (SSSR count). The zero-order valence-corrected chi connectivity index (χ0v) is 16.0. The third-order valence-electron chi connectivity index (χ3n) is 3.65. The number of amides is 3. The topological polar surface area (TPSA) is 127 Å². The fourth-order valence-electron chi connectivity index (χ4n) is 2.30. The van der Waals surface area contributed by atoms with Crippen molar-refractivity contribution in [3.63, 3.8) is 0 Å². The Kier molecular flexibility index (Phi) is 6.15. The number of nitro groups is 1. The second-order valence-electron chi connectivity index (χ2n) is 5.85. The van der Waals surface area contributed by atoms with E-state index in [9.17, 15) is 19.7 Å². The molecule has 3 amide bonds. The molecule has 0 bridgehead atoms. The molecule has 0 saturated heterocycles. The number of hydrogen-bond donors (Lipinski definition) is 2. The molecule has 0 aliphatic heterocycles. The van der Waals surface area contributed by atoms with Gasteiger partial charge in [0.05, 0.1) is 4.92 Å². The number of hydrogen-bond acceptors (Lipinski definition) is 7. The van der Waals surface area contributed by atoms with Crippen molar-refractivity contribution in [1.82, 2.24) is 15.3 Å². The van der Waals surface area contributed by atoms with Gasteiger partial charge in [0.1, 0.15) is 5.56 Å². The average Bonchev–Trinajstić information content (AvgIpc) is 2.71. The average molecular weight is 409 g/mol. The summed E-state index contributed by atoms with van der Waals surface area (Å²) in [6.45, 7) is 1.90. The van der Waals surface area contributed by atoms with Crippen LogP contribution in [0.15, 0.2) is 71.0 Å². The van der Waals surface area contributed by atoms with Crippen LogP contribution in [-0.2, 0) is 0 Å².